The molecule has 0 amide bonds. The number of aromatic nitrogens is 2. The predicted octanol–water partition coefficient (Wildman–Crippen LogP) is 4.71. The monoisotopic (exact) mass is 408 g/mol. The highest BCUT2D eigenvalue weighted by Crippen LogP contribution is 2.26. The minimum absolute atomic E-state index is 0.119. The van der Waals surface area contributed by atoms with Gasteiger partial charge >= 0.3 is 0 Å². The standard InChI is InChI=1S/C17H14BrFN2O2S/c1-10-7-13(11(2)21(10)17-20-5-6-24-17)15(22)9-23-16-4-3-12(19)8-14(16)18/h3-8H,9H2,1-2H3. The molecule has 24 heavy (non-hydrogen) atoms. The Bertz CT molecular complexity index is 890. The third-order valence-corrected chi connectivity index (χ3v) is 4.97. The van der Waals surface area contributed by atoms with Gasteiger partial charge in [0.2, 0.25) is 5.78 Å². The van der Waals surface area contributed by atoms with Gasteiger partial charge in [0, 0.05) is 28.5 Å². The minimum atomic E-state index is -0.368. The van der Waals surface area contributed by atoms with Crippen LogP contribution in [0.5, 0.6) is 5.75 Å². The number of ether oxygens (including phenoxy) is 1. The molecule has 7 heteroatoms. The topological polar surface area (TPSA) is 44.1 Å². The third-order valence-electron chi connectivity index (χ3n) is 3.59. The van der Waals surface area contributed by atoms with E-state index in [2.05, 4.69) is 20.9 Å². The molecule has 0 aliphatic carbocycles. The second-order valence-corrected chi connectivity index (χ2v) is 6.95. The Labute approximate surface area is 151 Å². The fourth-order valence-electron chi connectivity index (χ4n) is 2.48. The molecule has 0 atom stereocenters. The number of carbonyl (C=O) groups excluding carboxylic acids is 1. The Morgan fingerprint density at radius 2 is 2.17 bits per heavy atom. The Morgan fingerprint density at radius 3 is 2.83 bits per heavy atom. The van der Waals surface area contributed by atoms with Crippen LogP contribution in [0.15, 0.2) is 40.3 Å². The molecule has 3 rings (SSSR count). The number of nitrogens with zero attached hydrogens (tertiary/aromatic N) is 2. The molecule has 0 aliphatic rings. The zero-order chi connectivity index (χ0) is 17.3. The molecule has 4 nitrogen and oxygen atoms in total. The van der Waals surface area contributed by atoms with Crippen LogP contribution in [0.1, 0.15) is 21.7 Å². The summed E-state index contributed by atoms with van der Waals surface area (Å²) in [5, 5.41) is 2.72. The number of Topliss-reactive ketones (excluding diaryl/α,β-unsaturated/α-hetero) is 1. The number of aryl methyl sites for hydroxylation is 1. The third kappa shape index (κ3) is 3.27. The molecular weight excluding hydrogens is 395 g/mol. The molecule has 0 unspecified atom stereocenters. The van der Waals surface area contributed by atoms with Crippen molar-refractivity contribution in [2.75, 3.05) is 6.61 Å². The van der Waals surface area contributed by atoms with Crippen molar-refractivity contribution in [3.8, 4) is 10.9 Å². The first-order valence-electron chi connectivity index (χ1n) is 7.17. The van der Waals surface area contributed by atoms with Crippen LogP contribution in [-0.2, 0) is 0 Å². The summed E-state index contributed by atoms with van der Waals surface area (Å²) >= 11 is 4.73. The molecule has 1 aromatic carbocycles. The van der Waals surface area contributed by atoms with Crippen molar-refractivity contribution in [1.29, 1.82) is 0 Å². The van der Waals surface area contributed by atoms with Crippen LogP contribution in [0.25, 0.3) is 5.13 Å². The first-order chi connectivity index (χ1) is 11.5. The molecule has 0 bridgehead atoms. The summed E-state index contributed by atoms with van der Waals surface area (Å²) in [5.41, 5.74) is 2.36. The largest absolute Gasteiger partial charge is 0.484 e. The number of hydrogen-bond acceptors (Lipinski definition) is 4. The summed E-state index contributed by atoms with van der Waals surface area (Å²) in [6, 6.07) is 5.92. The Morgan fingerprint density at radius 1 is 1.38 bits per heavy atom. The van der Waals surface area contributed by atoms with E-state index in [1.54, 1.807) is 6.20 Å². The van der Waals surface area contributed by atoms with Gasteiger partial charge < -0.3 is 4.74 Å². The molecule has 0 fully saturated rings. The summed E-state index contributed by atoms with van der Waals surface area (Å²) in [6.45, 7) is 3.70. The SMILES string of the molecule is Cc1cc(C(=O)COc2ccc(F)cc2Br)c(C)n1-c1nccs1. The van der Waals surface area contributed by atoms with Gasteiger partial charge in [0.1, 0.15) is 11.6 Å². The van der Waals surface area contributed by atoms with Gasteiger partial charge in [-0.15, -0.1) is 11.3 Å². The summed E-state index contributed by atoms with van der Waals surface area (Å²) < 4.78 is 21.0. The van der Waals surface area contributed by atoms with E-state index in [9.17, 15) is 9.18 Å². The van der Waals surface area contributed by atoms with E-state index in [-0.39, 0.29) is 18.2 Å². The van der Waals surface area contributed by atoms with E-state index in [1.165, 1.54) is 29.5 Å². The quantitative estimate of drug-likeness (QED) is 0.573. The first kappa shape index (κ1) is 16.9. The molecular formula is C17H14BrFN2O2S. The number of benzene rings is 1. The highest BCUT2D eigenvalue weighted by Gasteiger charge is 2.18. The van der Waals surface area contributed by atoms with Crippen LogP contribution in [0.3, 0.4) is 0 Å². The van der Waals surface area contributed by atoms with Crippen LogP contribution in [0, 0.1) is 19.7 Å². The van der Waals surface area contributed by atoms with Gasteiger partial charge in [0.05, 0.1) is 4.47 Å². The van der Waals surface area contributed by atoms with E-state index < -0.39 is 0 Å². The number of hydrogen-bond donors (Lipinski definition) is 0. The van der Waals surface area contributed by atoms with Crippen molar-refractivity contribution < 1.29 is 13.9 Å². The minimum Gasteiger partial charge on any atom is -0.484 e. The van der Waals surface area contributed by atoms with Crippen LogP contribution >= 0.6 is 27.3 Å². The van der Waals surface area contributed by atoms with Gasteiger partial charge in [-0.3, -0.25) is 9.36 Å². The van der Waals surface area contributed by atoms with Gasteiger partial charge in [-0.25, -0.2) is 9.37 Å². The maximum absolute atomic E-state index is 13.1. The molecule has 2 aromatic heterocycles. The molecule has 0 N–H and O–H groups in total. The normalized spacial score (nSPS) is 10.8. The lowest BCUT2D eigenvalue weighted by Crippen LogP contribution is -2.13. The molecule has 2 heterocycles. The van der Waals surface area contributed by atoms with E-state index in [1.807, 2.05) is 29.9 Å². The summed E-state index contributed by atoms with van der Waals surface area (Å²) in [5.74, 6) is -0.0758. The molecule has 124 valence electrons. The molecule has 0 radical (unpaired) electrons. The average Bonchev–Trinajstić information content (AvgIpc) is 3.14. The van der Waals surface area contributed by atoms with E-state index >= 15 is 0 Å². The van der Waals surface area contributed by atoms with Crippen molar-refractivity contribution >= 4 is 33.0 Å². The van der Waals surface area contributed by atoms with E-state index in [0.29, 0.717) is 15.8 Å². The van der Waals surface area contributed by atoms with Crippen LogP contribution in [-0.4, -0.2) is 21.9 Å². The molecule has 0 spiro atoms. The smallest absolute Gasteiger partial charge is 0.202 e. The second-order valence-electron chi connectivity index (χ2n) is 5.22. The first-order valence-corrected chi connectivity index (χ1v) is 8.84. The number of ketones is 1. The predicted molar refractivity (Wildman–Crippen MR) is 94.8 cm³/mol. The maximum atomic E-state index is 13.1. The fraction of sp³-hybridized carbons (Fsp3) is 0.176. The molecule has 0 aliphatic heterocycles. The number of thiazole rings is 1. The zero-order valence-corrected chi connectivity index (χ0v) is 15.4. The Kier molecular flexibility index (Phi) is 4.82. The Balaban J connectivity index is 1.80. The van der Waals surface area contributed by atoms with Gasteiger partial charge in [-0.05, 0) is 54.0 Å². The van der Waals surface area contributed by atoms with Gasteiger partial charge in [0.15, 0.2) is 11.7 Å². The van der Waals surface area contributed by atoms with Crippen molar-refractivity contribution in [1.82, 2.24) is 9.55 Å². The van der Waals surface area contributed by atoms with Crippen LogP contribution in [0.4, 0.5) is 4.39 Å². The van der Waals surface area contributed by atoms with Crippen molar-refractivity contribution in [2.24, 2.45) is 0 Å². The summed E-state index contributed by atoms with van der Waals surface area (Å²) in [6.07, 6.45) is 1.73. The summed E-state index contributed by atoms with van der Waals surface area (Å²) in [7, 11) is 0. The summed E-state index contributed by atoms with van der Waals surface area (Å²) in [4.78, 5) is 16.8. The zero-order valence-electron chi connectivity index (χ0n) is 13.0. The molecule has 3 aromatic rings. The van der Waals surface area contributed by atoms with Gasteiger partial charge in [0.25, 0.3) is 0 Å². The maximum Gasteiger partial charge on any atom is 0.202 e. The highest BCUT2D eigenvalue weighted by atomic mass is 79.9. The lowest BCUT2D eigenvalue weighted by molar-refractivity contribution is 0.0920. The van der Waals surface area contributed by atoms with Crippen LogP contribution < -0.4 is 4.74 Å². The van der Waals surface area contributed by atoms with Crippen molar-refractivity contribution in [3.05, 3.63) is 63.1 Å². The Hall–Kier alpha value is -1.99. The molecule has 0 saturated heterocycles. The fourth-order valence-corrected chi connectivity index (χ4v) is 3.70. The molecule has 0 saturated carbocycles. The average molecular weight is 409 g/mol. The number of halogens is 2. The number of carbonyl (C=O) groups is 1. The highest BCUT2D eigenvalue weighted by molar-refractivity contribution is 9.10. The van der Waals surface area contributed by atoms with E-state index in [4.69, 9.17) is 4.74 Å². The van der Waals surface area contributed by atoms with Crippen molar-refractivity contribution in [3.63, 3.8) is 0 Å². The van der Waals surface area contributed by atoms with Crippen LogP contribution in [0.2, 0.25) is 0 Å². The lowest BCUT2D eigenvalue weighted by atomic mass is 10.1. The van der Waals surface area contributed by atoms with Gasteiger partial charge in [-0.1, -0.05) is 0 Å². The number of rotatable bonds is 5. The van der Waals surface area contributed by atoms with Gasteiger partial charge in [-0.2, -0.15) is 0 Å². The van der Waals surface area contributed by atoms with Crippen molar-refractivity contribution in [2.45, 2.75) is 13.8 Å². The second kappa shape index (κ2) is 6.86. The van der Waals surface area contributed by atoms with E-state index in [0.717, 1.165) is 16.5 Å². The lowest BCUT2D eigenvalue weighted by Gasteiger charge is -2.08.